The van der Waals surface area contributed by atoms with Gasteiger partial charge in [0.25, 0.3) is 11.8 Å². The molecule has 2 N–H and O–H groups in total. The fourth-order valence-electron chi connectivity index (χ4n) is 2.44. The molecular weight excluding hydrogens is 274 g/mol. The number of ether oxygens (including phenoxy) is 1. The van der Waals surface area contributed by atoms with Gasteiger partial charge in [-0.1, -0.05) is 0 Å². The molecule has 1 unspecified atom stereocenters. The summed E-state index contributed by atoms with van der Waals surface area (Å²) in [6.45, 7) is 2.57. The van der Waals surface area contributed by atoms with Crippen LogP contribution < -0.4 is 15.4 Å². The van der Waals surface area contributed by atoms with E-state index < -0.39 is 6.04 Å². The molecule has 110 valence electrons. The van der Waals surface area contributed by atoms with Crippen LogP contribution in [0.4, 0.5) is 5.69 Å². The number of benzene rings is 1. The van der Waals surface area contributed by atoms with Crippen molar-refractivity contribution in [2.24, 2.45) is 0 Å². The third-order valence-corrected chi connectivity index (χ3v) is 3.62. The zero-order valence-corrected chi connectivity index (χ0v) is 11.5. The number of hydrogen-bond donors (Lipinski definition) is 2. The second-order valence-electron chi connectivity index (χ2n) is 5.01. The first-order valence-electron chi connectivity index (χ1n) is 6.71. The van der Waals surface area contributed by atoms with Crippen LogP contribution in [0, 0.1) is 0 Å². The Morgan fingerprint density at radius 1 is 1.38 bits per heavy atom. The van der Waals surface area contributed by atoms with Crippen molar-refractivity contribution in [3.8, 4) is 5.75 Å². The van der Waals surface area contributed by atoms with Crippen molar-refractivity contribution in [2.45, 2.75) is 13.0 Å². The fraction of sp³-hybridized carbons (Fsp3) is 0.357. The van der Waals surface area contributed by atoms with Crippen molar-refractivity contribution in [3.63, 3.8) is 0 Å². The standard InChI is InChI=1S/C14H15N3O4/c1-8-13(19)15-4-5-17(8)14(20)9-2-3-11-10(6-9)16-12(18)7-21-11/h2-3,6,8H,4-5,7H2,1H3,(H,15,19)(H,16,18). The van der Waals surface area contributed by atoms with Crippen LogP contribution in [0.2, 0.25) is 0 Å². The largest absolute Gasteiger partial charge is 0.482 e. The van der Waals surface area contributed by atoms with Gasteiger partial charge >= 0.3 is 0 Å². The molecule has 1 fully saturated rings. The zero-order valence-electron chi connectivity index (χ0n) is 11.5. The van der Waals surface area contributed by atoms with E-state index in [4.69, 9.17) is 4.74 Å². The molecule has 0 spiro atoms. The third-order valence-electron chi connectivity index (χ3n) is 3.62. The van der Waals surface area contributed by atoms with Crippen molar-refractivity contribution in [1.29, 1.82) is 0 Å². The monoisotopic (exact) mass is 289 g/mol. The summed E-state index contributed by atoms with van der Waals surface area (Å²) in [5, 5.41) is 5.38. The van der Waals surface area contributed by atoms with Gasteiger partial charge in [-0.15, -0.1) is 0 Å². The van der Waals surface area contributed by atoms with E-state index in [0.717, 1.165) is 0 Å². The molecule has 2 aliphatic heterocycles. The number of nitrogens with zero attached hydrogens (tertiary/aromatic N) is 1. The van der Waals surface area contributed by atoms with Crippen molar-refractivity contribution in [2.75, 3.05) is 25.0 Å². The molecule has 0 aromatic heterocycles. The number of carbonyl (C=O) groups excluding carboxylic acids is 3. The Hall–Kier alpha value is -2.57. The lowest BCUT2D eigenvalue weighted by Crippen LogP contribution is -2.55. The molecule has 7 nitrogen and oxygen atoms in total. The molecule has 0 bridgehead atoms. The number of amides is 3. The first kappa shape index (κ1) is 13.4. The van der Waals surface area contributed by atoms with Crippen molar-refractivity contribution in [3.05, 3.63) is 23.8 Å². The normalized spacial score (nSPS) is 21.0. The Kier molecular flexibility index (Phi) is 3.25. The van der Waals surface area contributed by atoms with Crippen LogP contribution in [-0.4, -0.2) is 48.4 Å². The summed E-state index contributed by atoms with van der Waals surface area (Å²) in [7, 11) is 0. The van der Waals surface area contributed by atoms with Crippen LogP contribution in [0.5, 0.6) is 5.75 Å². The summed E-state index contributed by atoms with van der Waals surface area (Å²) in [6.07, 6.45) is 0. The minimum absolute atomic E-state index is 0.0242. The third kappa shape index (κ3) is 2.42. The number of anilines is 1. The smallest absolute Gasteiger partial charge is 0.262 e. The topological polar surface area (TPSA) is 87.7 Å². The van der Waals surface area contributed by atoms with Crippen LogP contribution in [0.25, 0.3) is 0 Å². The van der Waals surface area contributed by atoms with E-state index in [1.807, 2.05) is 0 Å². The molecule has 1 aromatic carbocycles. The van der Waals surface area contributed by atoms with E-state index in [0.29, 0.717) is 30.1 Å². The quantitative estimate of drug-likeness (QED) is 0.760. The predicted octanol–water partition coefficient (Wildman–Crippen LogP) is -0.0220. The first-order chi connectivity index (χ1) is 10.1. The molecule has 0 aliphatic carbocycles. The molecule has 2 heterocycles. The molecule has 1 aromatic rings. The molecule has 7 heteroatoms. The van der Waals surface area contributed by atoms with E-state index >= 15 is 0 Å². The molecule has 1 saturated heterocycles. The van der Waals surface area contributed by atoms with E-state index in [-0.39, 0.29) is 24.3 Å². The van der Waals surface area contributed by atoms with E-state index in [1.54, 1.807) is 25.1 Å². The Bertz CT molecular complexity index is 629. The molecule has 2 aliphatic rings. The summed E-state index contributed by atoms with van der Waals surface area (Å²) in [5.41, 5.74) is 0.896. The second kappa shape index (κ2) is 5.08. The average molecular weight is 289 g/mol. The highest BCUT2D eigenvalue weighted by Gasteiger charge is 2.30. The summed E-state index contributed by atoms with van der Waals surface area (Å²) in [4.78, 5) is 37.0. The molecule has 1 atom stereocenters. The van der Waals surface area contributed by atoms with Crippen LogP contribution >= 0.6 is 0 Å². The van der Waals surface area contributed by atoms with Gasteiger partial charge in [0.05, 0.1) is 5.69 Å². The van der Waals surface area contributed by atoms with Crippen LogP contribution in [0.15, 0.2) is 18.2 Å². The van der Waals surface area contributed by atoms with Gasteiger partial charge in [0.15, 0.2) is 6.61 Å². The van der Waals surface area contributed by atoms with Crippen LogP contribution in [0.3, 0.4) is 0 Å². The van der Waals surface area contributed by atoms with E-state index in [2.05, 4.69) is 10.6 Å². The Morgan fingerprint density at radius 2 is 2.19 bits per heavy atom. The predicted molar refractivity (Wildman–Crippen MR) is 74.1 cm³/mol. The van der Waals surface area contributed by atoms with Crippen LogP contribution in [0.1, 0.15) is 17.3 Å². The Labute approximate surface area is 121 Å². The van der Waals surface area contributed by atoms with Gasteiger partial charge in [0, 0.05) is 18.7 Å². The maximum atomic E-state index is 12.5. The lowest BCUT2D eigenvalue weighted by Gasteiger charge is -2.33. The number of fused-ring (bicyclic) bond motifs is 1. The Morgan fingerprint density at radius 3 is 3.00 bits per heavy atom. The molecule has 3 rings (SSSR count). The highest BCUT2D eigenvalue weighted by molar-refractivity contribution is 6.01. The molecular formula is C14H15N3O4. The number of piperazine rings is 1. The number of carbonyl (C=O) groups is 3. The van der Waals surface area contributed by atoms with Gasteiger partial charge in [-0.25, -0.2) is 0 Å². The summed E-state index contributed by atoms with van der Waals surface area (Å²) >= 11 is 0. The Balaban J connectivity index is 1.86. The van der Waals surface area contributed by atoms with Gasteiger partial charge in [-0.3, -0.25) is 14.4 Å². The number of rotatable bonds is 1. The number of nitrogens with one attached hydrogen (secondary N) is 2. The van der Waals surface area contributed by atoms with Gasteiger partial charge in [0.1, 0.15) is 11.8 Å². The molecule has 0 saturated carbocycles. The first-order valence-corrected chi connectivity index (χ1v) is 6.71. The van der Waals surface area contributed by atoms with E-state index in [9.17, 15) is 14.4 Å². The van der Waals surface area contributed by atoms with E-state index in [1.165, 1.54) is 4.90 Å². The summed E-state index contributed by atoms with van der Waals surface area (Å²) in [6, 6.07) is 4.36. The highest BCUT2D eigenvalue weighted by Crippen LogP contribution is 2.29. The lowest BCUT2D eigenvalue weighted by atomic mass is 10.1. The SMILES string of the molecule is CC1C(=O)NCCN1C(=O)c1ccc2c(c1)NC(=O)CO2. The zero-order chi connectivity index (χ0) is 15.0. The summed E-state index contributed by atoms with van der Waals surface area (Å²) < 4.78 is 5.25. The van der Waals surface area contributed by atoms with Gasteiger partial charge < -0.3 is 20.3 Å². The van der Waals surface area contributed by atoms with Crippen molar-refractivity contribution < 1.29 is 19.1 Å². The van der Waals surface area contributed by atoms with Crippen LogP contribution in [-0.2, 0) is 9.59 Å². The fourth-order valence-corrected chi connectivity index (χ4v) is 2.44. The number of hydrogen-bond acceptors (Lipinski definition) is 4. The maximum absolute atomic E-state index is 12.5. The highest BCUT2D eigenvalue weighted by atomic mass is 16.5. The summed E-state index contributed by atoms with van der Waals surface area (Å²) in [5.74, 6) is -0.113. The maximum Gasteiger partial charge on any atom is 0.262 e. The minimum Gasteiger partial charge on any atom is -0.482 e. The molecule has 21 heavy (non-hydrogen) atoms. The minimum atomic E-state index is -0.506. The van der Waals surface area contributed by atoms with Gasteiger partial charge in [-0.05, 0) is 25.1 Å². The second-order valence-corrected chi connectivity index (χ2v) is 5.01. The van der Waals surface area contributed by atoms with Crippen molar-refractivity contribution >= 4 is 23.4 Å². The van der Waals surface area contributed by atoms with Gasteiger partial charge in [-0.2, -0.15) is 0 Å². The lowest BCUT2D eigenvalue weighted by molar-refractivity contribution is -0.127. The molecule has 0 radical (unpaired) electrons. The van der Waals surface area contributed by atoms with Crippen molar-refractivity contribution in [1.82, 2.24) is 10.2 Å². The average Bonchev–Trinajstić information content (AvgIpc) is 2.48. The van der Waals surface area contributed by atoms with Gasteiger partial charge in [0.2, 0.25) is 5.91 Å². The molecule has 3 amide bonds.